The van der Waals surface area contributed by atoms with Gasteiger partial charge in [-0.15, -0.1) is 0 Å². The molecule has 1 aromatic rings. The van der Waals surface area contributed by atoms with Crippen molar-refractivity contribution in [3.63, 3.8) is 0 Å². The van der Waals surface area contributed by atoms with Crippen LogP contribution in [0.2, 0.25) is 0 Å². The second kappa shape index (κ2) is 7.61. The van der Waals surface area contributed by atoms with Gasteiger partial charge in [-0.1, -0.05) is 46.2 Å². The van der Waals surface area contributed by atoms with E-state index in [-0.39, 0.29) is 5.41 Å². The van der Waals surface area contributed by atoms with Crippen molar-refractivity contribution in [1.29, 1.82) is 0 Å². The molecule has 0 bridgehead atoms. The molecule has 0 aromatic heterocycles. The van der Waals surface area contributed by atoms with Crippen molar-refractivity contribution in [2.45, 2.75) is 69.7 Å². The zero-order valence-corrected chi connectivity index (χ0v) is 17.6. The van der Waals surface area contributed by atoms with Crippen molar-refractivity contribution in [3.05, 3.63) is 29.8 Å². The fourth-order valence-corrected chi connectivity index (χ4v) is 6.02. The summed E-state index contributed by atoms with van der Waals surface area (Å²) in [5.74, 6) is 0.770. The molecule has 5 heteroatoms. The summed E-state index contributed by atoms with van der Waals surface area (Å²) in [6.45, 7) is 12.0. The molecule has 0 amide bonds. The van der Waals surface area contributed by atoms with Crippen molar-refractivity contribution in [3.8, 4) is 0 Å². The third-order valence-corrected chi connectivity index (χ3v) is 8.27. The highest BCUT2D eigenvalue weighted by molar-refractivity contribution is 7.89. The Hall–Kier alpha value is -0.910. The number of rotatable bonds is 3. The van der Waals surface area contributed by atoms with Gasteiger partial charge in [0.15, 0.2) is 0 Å². The zero-order valence-electron chi connectivity index (χ0n) is 16.8. The summed E-state index contributed by atoms with van der Waals surface area (Å²) in [4.78, 5) is 2.05. The maximum Gasteiger partial charge on any atom is 0.243 e. The van der Waals surface area contributed by atoms with Gasteiger partial charge in [-0.25, -0.2) is 8.42 Å². The molecule has 1 heterocycles. The standard InChI is InChI=1S/C21H34N2O2S/c1-17-7-5-6-8-20(17)22-13-15-23(16-14-22)26(24,25)19-11-9-18(10-12-19)21(2,3)4/h9-12,17,20H,5-8,13-16H2,1-4H3/p+1/t17-,20+/m0/s1. The number of hydrogen-bond acceptors (Lipinski definition) is 2. The number of benzene rings is 1. The maximum absolute atomic E-state index is 13.0. The predicted molar refractivity (Wildman–Crippen MR) is 106 cm³/mol. The van der Waals surface area contributed by atoms with Gasteiger partial charge in [-0.2, -0.15) is 4.31 Å². The third-order valence-electron chi connectivity index (χ3n) is 6.36. The first kappa shape index (κ1) is 19.8. The highest BCUT2D eigenvalue weighted by Gasteiger charge is 2.36. The molecule has 146 valence electrons. The first-order valence-corrected chi connectivity index (χ1v) is 11.6. The number of hydrogen-bond donors (Lipinski definition) is 1. The summed E-state index contributed by atoms with van der Waals surface area (Å²) in [5, 5.41) is 0. The Bertz CT molecular complexity index is 699. The Balaban J connectivity index is 1.66. The van der Waals surface area contributed by atoms with Crippen molar-refractivity contribution in [1.82, 2.24) is 4.31 Å². The SMILES string of the molecule is C[C@H]1CCCC[C@H]1[NH+]1CCN(S(=O)(=O)c2ccc(C(C)(C)C)cc2)CC1. The smallest absolute Gasteiger partial charge is 0.243 e. The molecular formula is C21H35N2O2S+. The van der Waals surface area contributed by atoms with E-state index in [4.69, 9.17) is 0 Å². The van der Waals surface area contributed by atoms with Crippen LogP contribution in [0.25, 0.3) is 0 Å². The summed E-state index contributed by atoms with van der Waals surface area (Å²) in [7, 11) is -3.37. The summed E-state index contributed by atoms with van der Waals surface area (Å²) in [6, 6.07) is 8.19. The number of quaternary nitrogens is 1. The first-order chi connectivity index (χ1) is 12.2. The fraction of sp³-hybridized carbons (Fsp3) is 0.714. The lowest BCUT2D eigenvalue weighted by Crippen LogP contribution is -3.19. The molecule has 26 heavy (non-hydrogen) atoms. The lowest BCUT2D eigenvalue weighted by atomic mass is 9.84. The van der Waals surface area contributed by atoms with Gasteiger partial charge in [-0.3, -0.25) is 0 Å². The molecular weight excluding hydrogens is 344 g/mol. The van der Waals surface area contributed by atoms with Crippen LogP contribution in [0.15, 0.2) is 29.2 Å². The van der Waals surface area contributed by atoms with Crippen LogP contribution in [0.5, 0.6) is 0 Å². The van der Waals surface area contributed by atoms with E-state index in [1.807, 2.05) is 12.1 Å². The second-order valence-electron chi connectivity index (χ2n) is 9.20. The lowest BCUT2D eigenvalue weighted by Gasteiger charge is -2.40. The Labute approximate surface area is 159 Å². The first-order valence-electron chi connectivity index (χ1n) is 10.1. The molecule has 0 radical (unpaired) electrons. The van der Waals surface area contributed by atoms with E-state index in [1.54, 1.807) is 21.3 Å². The van der Waals surface area contributed by atoms with Crippen LogP contribution < -0.4 is 4.90 Å². The van der Waals surface area contributed by atoms with Crippen LogP contribution in [-0.4, -0.2) is 44.9 Å². The van der Waals surface area contributed by atoms with E-state index in [9.17, 15) is 8.42 Å². The van der Waals surface area contributed by atoms with E-state index >= 15 is 0 Å². The average molecular weight is 380 g/mol. The molecule has 1 saturated carbocycles. The van der Waals surface area contributed by atoms with Gasteiger partial charge in [0.1, 0.15) is 0 Å². The van der Waals surface area contributed by atoms with E-state index in [2.05, 4.69) is 27.7 Å². The minimum atomic E-state index is -3.37. The molecule has 4 nitrogen and oxygen atoms in total. The molecule has 1 aliphatic heterocycles. The molecule has 1 saturated heterocycles. The van der Waals surface area contributed by atoms with Gasteiger partial charge < -0.3 is 4.90 Å². The second-order valence-corrected chi connectivity index (χ2v) is 11.1. The van der Waals surface area contributed by atoms with Crippen LogP contribution in [-0.2, 0) is 15.4 Å². The van der Waals surface area contributed by atoms with E-state index in [0.29, 0.717) is 18.0 Å². The fourth-order valence-electron chi connectivity index (χ4n) is 4.58. The van der Waals surface area contributed by atoms with Gasteiger partial charge >= 0.3 is 0 Å². The third kappa shape index (κ3) is 4.15. The summed E-state index contributed by atoms with van der Waals surface area (Å²) in [6.07, 6.45) is 5.32. The predicted octanol–water partition coefficient (Wildman–Crippen LogP) is 2.45. The van der Waals surface area contributed by atoms with Crippen LogP contribution in [0, 0.1) is 5.92 Å². The quantitative estimate of drug-likeness (QED) is 0.876. The Morgan fingerprint density at radius 2 is 1.58 bits per heavy atom. The molecule has 1 aliphatic carbocycles. The number of nitrogens with one attached hydrogen (secondary N) is 1. The Kier molecular flexibility index (Phi) is 5.80. The van der Waals surface area contributed by atoms with Gasteiger partial charge in [0.05, 0.1) is 37.1 Å². The summed E-state index contributed by atoms with van der Waals surface area (Å²) < 4.78 is 27.7. The van der Waals surface area contributed by atoms with Crippen LogP contribution >= 0.6 is 0 Å². The van der Waals surface area contributed by atoms with Crippen LogP contribution in [0.1, 0.15) is 58.9 Å². The van der Waals surface area contributed by atoms with Gasteiger partial charge in [0.25, 0.3) is 0 Å². The van der Waals surface area contributed by atoms with E-state index < -0.39 is 10.0 Å². The molecule has 0 unspecified atom stereocenters. The largest absolute Gasteiger partial charge is 0.330 e. The van der Waals surface area contributed by atoms with Crippen molar-refractivity contribution >= 4 is 10.0 Å². The van der Waals surface area contributed by atoms with Crippen molar-refractivity contribution in [2.24, 2.45) is 5.92 Å². The molecule has 0 spiro atoms. The van der Waals surface area contributed by atoms with Gasteiger partial charge in [0, 0.05) is 5.92 Å². The molecule has 2 aliphatic rings. The number of sulfonamides is 1. The Morgan fingerprint density at radius 3 is 2.12 bits per heavy atom. The topological polar surface area (TPSA) is 41.8 Å². The molecule has 2 fully saturated rings. The lowest BCUT2D eigenvalue weighted by molar-refractivity contribution is -0.933. The maximum atomic E-state index is 13.0. The minimum Gasteiger partial charge on any atom is -0.330 e. The zero-order chi connectivity index (χ0) is 18.9. The molecule has 2 atom stereocenters. The van der Waals surface area contributed by atoms with Crippen LogP contribution in [0.3, 0.4) is 0 Å². The van der Waals surface area contributed by atoms with E-state index in [0.717, 1.165) is 30.6 Å². The molecule has 3 rings (SSSR count). The highest BCUT2D eigenvalue weighted by atomic mass is 32.2. The average Bonchev–Trinajstić information content (AvgIpc) is 2.62. The molecule has 1 N–H and O–H groups in total. The van der Waals surface area contributed by atoms with Crippen molar-refractivity contribution in [2.75, 3.05) is 26.2 Å². The van der Waals surface area contributed by atoms with Crippen molar-refractivity contribution < 1.29 is 13.3 Å². The monoisotopic (exact) mass is 379 g/mol. The number of nitrogens with zero attached hydrogens (tertiary/aromatic N) is 1. The van der Waals surface area contributed by atoms with Crippen LogP contribution in [0.4, 0.5) is 0 Å². The van der Waals surface area contributed by atoms with Gasteiger partial charge in [0.2, 0.25) is 10.0 Å². The van der Waals surface area contributed by atoms with E-state index in [1.165, 1.54) is 25.7 Å². The highest BCUT2D eigenvalue weighted by Crippen LogP contribution is 2.25. The normalized spacial score (nSPS) is 26.8. The molecule has 1 aromatic carbocycles. The minimum absolute atomic E-state index is 0.0357. The summed E-state index contributed by atoms with van der Waals surface area (Å²) >= 11 is 0. The Morgan fingerprint density at radius 1 is 1.00 bits per heavy atom. The number of piperazine rings is 1. The summed E-state index contributed by atoms with van der Waals surface area (Å²) in [5.41, 5.74) is 1.20. The van der Waals surface area contributed by atoms with Gasteiger partial charge in [-0.05, 0) is 42.4 Å².